The first-order chi connectivity index (χ1) is 13.0. The van der Waals surface area contributed by atoms with Crippen LogP contribution in [0, 0.1) is 5.82 Å². The van der Waals surface area contributed by atoms with E-state index in [1.54, 1.807) is 13.0 Å². The first-order valence-corrected chi connectivity index (χ1v) is 9.13. The Morgan fingerprint density at radius 2 is 2.33 bits per heavy atom. The standard InChI is InChI=1S/C16H18FN5O4S/c1-8(23)6-18-13(24)7-27-16-14(21-26-22-16)15(20-25)19-12-4-9-2-3-10(17)5-11(9)12/h2-3,5,8,12,23,25H,4,6-7H2,1H3,(H,18,24)(H,19,20). The molecule has 0 fully saturated rings. The number of amides is 1. The van der Waals surface area contributed by atoms with Crippen molar-refractivity contribution in [3.8, 4) is 0 Å². The fourth-order valence-electron chi connectivity index (χ4n) is 2.53. The minimum Gasteiger partial charge on any atom is -0.392 e. The van der Waals surface area contributed by atoms with E-state index in [-0.39, 0.29) is 46.6 Å². The van der Waals surface area contributed by atoms with Crippen LogP contribution in [0.3, 0.4) is 0 Å². The number of aliphatic imine (C=N–C) groups is 1. The average Bonchev–Trinajstić information content (AvgIpc) is 3.09. The van der Waals surface area contributed by atoms with E-state index in [1.165, 1.54) is 12.1 Å². The average molecular weight is 395 g/mol. The SMILES string of the molecule is CC(O)CNC(=O)CSc1nonc1C(=NC1Cc2ccc(F)cc21)NO. The number of aliphatic hydroxyl groups excluding tert-OH is 1. The van der Waals surface area contributed by atoms with Crippen LogP contribution in [-0.2, 0) is 11.2 Å². The van der Waals surface area contributed by atoms with Gasteiger partial charge in [0.1, 0.15) is 5.82 Å². The summed E-state index contributed by atoms with van der Waals surface area (Å²) in [5, 5.41) is 28.9. The third-order valence-corrected chi connectivity index (χ3v) is 4.84. The minimum atomic E-state index is -0.643. The Hall–Kier alpha value is -2.50. The Bertz CT molecular complexity index is 857. The Labute approximate surface area is 158 Å². The van der Waals surface area contributed by atoms with E-state index in [1.807, 2.05) is 5.48 Å². The molecule has 144 valence electrons. The number of hydroxylamine groups is 1. The normalized spacial score (nSPS) is 17.0. The molecule has 0 aliphatic heterocycles. The maximum atomic E-state index is 13.4. The van der Waals surface area contributed by atoms with Crippen LogP contribution in [-0.4, -0.2) is 50.8 Å². The molecule has 1 aromatic heterocycles. The number of hydrogen-bond acceptors (Lipinski definition) is 8. The molecule has 1 amide bonds. The lowest BCUT2D eigenvalue weighted by Gasteiger charge is -2.27. The largest absolute Gasteiger partial charge is 0.392 e. The van der Waals surface area contributed by atoms with Gasteiger partial charge in [-0.1, -0.05) is 17.8 Å². The predicted molar refractivity (Wildman–Crippen MR) is 94.0 cm³/mol. The number of thioether (sulfide) groups is 1. The first-order valence-electron chi connectivity index (χ1n) is 8.14. The number of aromatic nitrogens is 2. The lowest BCUT2D eigenvalue weighted by atomic mass is 9.83. The molecule has 1 aliphatic rings. The first kappa shape index (κ1) is 19.3. The molecular weight excluding hydrogens is 377 g/mol. The van der Waals surface area contributed by atoms with Gasteiger partial charge in [0.05, 0.1) is 17.9 Å². The molecule has 27 heavy (non-hydrogen) atoms. The number of benzene rings is 1. The Balaban J connectivity index is 1.69. The molecule has 9 nitrogen and oxygen atoms in total. The van der Waals surface area contributed by atoms with Gasteiger partial charge in [0.25, 0.3) is 0 Å². The van der Waals surface area contributed by atoms with E-state index in [2.05, 4.69) is 20.6 Å². The number of halogens is 1. The molecule has 0 saturated carbocycles. The molecule has 2 atom stereocenters. The highest BCUT2D eigenvalue weighted by atomic mass is 32.2. The third kappa shape index (κ3) is 4.62. The van der Waals surface area contributed by atoms with Crippen molar-refractivity contribution in [3.05, 3.63) is 40.8 Å². The summed E-state index contributed by atoms with van der Waals surface area (Å²) in [5.74, 6) is -0.615. The Morgan fingerprint density at radius 1 is 1.52 bits per heavy atom. The number of aliphatic hydroxyl groups is 1. The molecule has 2 aromatic rings. The van der Waals surface area contributed by atoms with Crippen molar-refractivity contribution in [3.63, 3.8) is 0 Å². The summed E-state index contributed by atoms with van der Waals surface area (Å²) >= 11 is 1.04. The van der Waals surface area contributed by atoms with Gasteiger partial charge in [-0.3, -0.25) is 20.5 Å². The number of amidine groups is 1. The Kier molecular flexibility index (Phi) is 6.04. The monoisotopic (exact) mass is 395 g/mol. The summed E-state index contributed by atoms with van der Waals surface area (Å²) in [6.45, 7) is 1.71. The van der Waals surface area contributed by atoms with Crippen LogP contribution in [0.2, 0.25) is 0 Å². The second kappa shape index (κ2) is 8.46. The van der Waals surface area contributed by atoms with E-state index >= 15 is 0 Å². The smallest absolute Gasteiger partial charge is 0.230 e. The summed E-state index contributed by atoms with van der Waals surface area (Å²) in [6, 6.07) is 4.18. The van der Waals surface area contributed by atoms with Crippen molar-refractivity contribution >= 4 is 23.5 Å². The van der Waals surface area contributed by atoms with Crippen LogP contribution in [0.25, 0.3) is 0 Å². The summed E-state index contributed by atoms with van der Waals surface area (Å²) < 4.78 is 18.1. The van der Waals surface area contributed by atoms with E-state index in [0.717, 1.165) is 22.9 Å². The summed E-state index contributed by atoms with van der Waals surface area (Å²) in [6.07, 6.45) is -0.0354. The van der Waals surface area contributed by atoms with Crippen LogP contribution in [0.1, 0.15) is 29.8 Å². The highest BCUT2D eigenvalue weighted by Gasteiger charge is 2.28. The molecule has 2 unspecified atom stereocenters. The number of carbonyl (C=O) groups is 1. The number of hydrogen-bond donors (Lipinski definition) is 4. The van der Waals surface area contributed by atoms with Gasteiger partial charge in [-0.15, -0.1) is 0 Å². The topological polar surface area (TPSA) is 133 Å². The Morgan fingerprint density at radius 3 is 3.07 bits per heavy atom. The number of nitrogens with zero attached hydrogens (tertiary/aromatic N) is 3. The van der Waals surface area contributed by atoms with Gasteiger partial charge in [-0.05, 0) is 46.9 Å². The van der Waals surface area contributed by atoms with E-state index in [0.29, 0.717) is 6.42 Å². The van der Waals surface area contributed by atoms with Gasteiger partial charge >= 0.3 is 0 Å². The van der Waals surface area contributed by atoms with Crippen molar-refractivity contribution < 1.29 is 24.1 Å². The van der Waals surface area contributed by atoms with Crippen LogP contribution in [0.15, 0.2) is 32.8 Å². The van der Waals surface area contributed by atoms with E-state index in [9.17, 15) is 14.4 Å². The van der Waals surface area contributed by atoms with Crippen molar-refractivity contribution in [2.75, 3.05) is 12.3 Å². The molecule has 3 rings (SSSR count). The highest BCUT2D eigenvalue weighted by molar-refractivity contribution is 8.00. The van der Waals surface area contributed by atoms with E-state index < -0.39 is 6.10 Å². The zero-order valence-corrected chi connectivity index (χ0v) is 15.2. The van der Waals surface area contributed by atoms with Crippen molar-refractivity contribution in [2.24, 2.45) is 4.99 Å². The fourth-order valence-corrected chi connectivity index (χ4v) is 3.26. The molecule has 0 bridgehead atoms. The molecule has 4 N–H and O–H groups in total. The van der Waals surface area contributed by atoms with Gasteiger partial charge in [0.15, 0.2) is 16.6 Å². The maximum absolute atomic E-state index is 13.4. The number of rotatable bonds is 7. The summed E-state index contributed by atoms with van der Waals surface area (Å²) in [5.41, 5.74) is 3.85. The van der Waals surface area contributed by atoms with Crippen LogP contribution in [0.5, 0.6) is 0 Å². The molecule has 1 aromatic carbocycles. The van der Waals surface area contributed by atoms with Crippen LogP contribution in [0.4, 0.5) is 4.39 Å². The number of nitrogens with one attached hydrogen (secondary N) is 2. The molecule has 0 radical (unpaired) electrons. The lowest BCUT2D eigenvalue weighted by molar-refractivity contribution is -0.118. The molecule has 0 spiro atoms. The zero-order valence-electron chi connectivity index (χ0n) is 14.3. The van der Waals surface area contributed by atoms with Crippen molar-refractivity contribution in [1.29, 1.82) is 0 Å². The van der Waals surface area contributed by atoms with Crippen LogP contribution >= 0.6 is 11.8 Å². The highest BCUT2D eigenvalue weighted by Crippen LogP contribution is 2.37. The zero-order chi connectivity index (χ0) is 19.4. The van der Waals surface area contributed by atoms with Gasteiger partial charge in [0, 0.05) is 6.54 Å². The fraction of sp³-hybridized carbons (Fsp3) is 0.375. The second-order valence-electron chi connectivity index (χ2n) is 6.01. The summed E-state index contributed by atoms with van der Waals surface area (Å²) in [7, 11) is 0. The predicted octanol–water partition coefficient (Wildman–Crippen LogP) is 0.821. The lowest BCUT2D eigenvalue weighted by Crippen LogP contribution is -2.31. The van der Waals surface area contributed by atoms with Crippen LogP contribution < -0.4 is 10.8 Å². The number of fused-ring (bicyclic) bond motifs is 1. The van der Waals surface area contributed by atoms with Crippen molar-refractivity contribution in [2.45, 2.75) is 30.5 Å². The van der Waals surface area contributed by atoms with Gasteiger partial charge in [-0.2, -0.15) is 0 Å². The molecule has 0 saturated heterocycles. The summed E-state index contributed by atoms with van der Waals surface area (Å²) in [4.78, 5) is 16.1. The number of carbonyl (C=O) groups excluding carboxylic acids is 1. The molecule has 1 aliphatic carbocycles. The molecular formula is C16H18FN5O4S. The van der Waals surface area contributed by atoms with Gasteiger partial charge in [0.2, 0.25) is 5.91 Å². The third-order valence-electron chi connectivity index (χ3n) is 3.89. The van der Waals surface area contributed by atoms with Gasteiger partial charge in [-0.25, -0.2) is 9.02 Å². The maximum Gasteiger partial charge on any atom is 0.230 e. The van der Waals surface area contributed by atoms with Gasteiger partial charge < -0.3 is 10.4 Å². The second-order valence-corrected chi connectivity index (χ2v) is 6.98. The quantitative estimate of drug-likeness (QED) is 0.234. The van der Waals surface area contributed by atoms with Crippen molar-refractivity contribution in [1.82, 2.24) is 21.1 Å². The molecule has 1 heterocycles. The van der Waals surface area contributed by atoms with E-state index in [4.69, 9.17) is 9.74 Å². The molecule has 11 heteroatoms. The minimum absolute atomic E-state index is 0.0167.